The predicted octanol–water partition coefficient (Wildman–Crippen LogP) is -0.858. The molecule has 0 aliphatic carbocycles. The Balaban J connectivity index is 3.60. The molecule has 0 bridgehead atoms. The van der Waals surface area contributed by atoms with Gasteiger partial charge in [0, 0.05) is 19.0 Å². The van der Waals surface area contributed by atoms with Gasteiger partial charge in [0.15, 0.2) is 0 Å². The normalized spacial score (nSPS) is 11.8. The predicted molar refractivity (Wildman–Crippen MR) is 54.5 cm³/mol. The van der Waals surface area contributed by atoms with E-state index in [4.69, 9.17) is 5.73 Å². The SMILES string of the molecule is C=CCNCC(=O)NC(C)CC(N)=O. The number of primary amides is 1. The molecule has 0 aromatic rings. The highest BCUT2D eigenvalue weighted by atomic mass is 16.2. The first-order valence-electron chi connectivity index (χ1n) is 4.45. The second-order valence-corrected chi connectivity index (χ2v) is 3.06. The molecule has 0 aliphatic heterocycles. The molecule has 0 saturated carbocycles. The highest BCUT2D eigenvalue weighted by molar-refractivity contribution is 5.80. The highest BCUT2D eigenvalue weighted by Crippen LogP contribution is 1.87. The van der Waals surface area contributed by atoms with Gasteiger partial charge in [0.2, 0.25) is 11.8 Å². The molecular weight excluding hydrogens is 182 g/mol. The van der Waals surface area contributed by atoms with Crippen molar-refractivity contribution in [1.29, 1.82) is 0 Å². The number of carbonyl (C=O) groups excluding carboxylic acids is 2. The summed E-state index contributed by atoms with van der Waals surface area (Å²) in [6.07, 6.45) is 1.83. The van der Waals surface area contributed by atoms with Gasteiger partial charge in [-0.2, -0.15) is 0 Å². The fourth-order valence-corrected chi connectivity index (χ4v) is 0.966. The van der Waals surface area contributed by atoms with E-state index in [0.29, 0.717) is 6.54 Å². The second-order valence-electron chi connectivity index (χ2n) is 3.06. The molecule has 0 radical (unpaired) electrons. The lowest BCUT2D eigenvalue weighted by atomic mass is 10.2. The maximum atomic E-state index is 11.1. The highest BCUT2D eigenvalue weighted by Gasteiger charge is 2.08. The molecule has 0 aromatic carbocycles. The van der Waals surface area contributed by atoms with Crippen LogP contribution in [0.25, 0.3) is 0 Å². The van der Waals surface area contributed by atoms with Crippen LogP contribution in [-0.2, 0) is 9.59 Å². The second kappa shape index (κ2) is 7.08. The third kappa shape index (κ3) is 7.30. The lowest BCUT2D eigenvalue weighted by Gasteiger charge is -2.11. The Bertz CT molecular complexity index is 216. The number of rotatable bonds is 7. The number of hydrogen-bond donors (Lipinski definition) is 3. The third-order valence-electron chi connectivity index (χ3n) is 1.49. The number of nitrogens with one attached hydrogen (secondary N) is 2. The van der Waals surface area contributed by atoms with Crippen LogP contribution in [0, 0.1) is 0 Å². The number of amides is 2. The molecule has 0 saturated heterocycles. The zero-order valence-electron chi connectivity index (χ0n) is 8.38. The molecule has 0 fully saturated rings. The average molecular weight is 199 g/mol. The van der Waals surface area contributed by atoms with Crippen molar-refractivity contribution in [3.63, 3.8) is 0 Å². The monoisotopic (exact) mass is 199 g/mol. The van der Waals surface area contributed by atoms with Crippen molar-refractivity contribution in [1.82, 2.24) is 10.6 Å². The van der Waals surface area contributed by atoms with Crippen LogP contribution in [0.4, 0.5) is 0 Å². The van der Waals surface area contributed by atoms with Gasteiger partial charge in [-0.05, 0) is 6.92 Å². The summed E-state index contributed by atoms with van der Waals surface area (Å²) in [5.74, 6) is -0.572. The topological polar surface area (TPSA) is 84.2 Å². The van der Waals surface area contributed by atoms with Gasteiger partial charge in [-0.1, -0.05) is 6.08 Å². The number of hydrogen-bond acceptors (Lipinski definition) is 3. The van der Waals surface area contributed by atoms with Gasteiger partial charge in [-0.15, -0.1) is 6.58 Å². The first kappa shape index (κ1) is 12.6. The largest absolute Gasteiger partial charge is 0.370 e. The molecule has 4 N–H and O–H groups in total. The van der Waals surface area contributed by atoms with Crippen LogP contribution in [0.5, 0.6) is 0 Å². The summed E-state index contributed by atoms with van der Waals surface area (Å²) in [6, 6.07) is -0.217. The lowest BCUT2D eigenvalue weighted by Crippen LogP contribution is -2.40. The minimum absolute atomic E-state index is 0.152. The van der Waals surface area contributed by atoms with E-state index in [1.54, 1.807) is 13.0 Å². The maximum Gasteiger partial charge on any atom is 0.234 e. The smallest absolute Gasteiger partial charge is 0.234 e. The Morgan fingerprint density at radius 1 is 1.57 bits per heavy atom. The van der Waals surface area contributed by atoms with Crippen LogP contribution in [0.3, 0.4) is 0 Å². The Morgan fingerprint density at radius 3 is 2.71 bits per heavy atom. The Morgan fingerprint density at radius 2 is 2.21 bits per heavy atom. The van der Waals surface area contributed by atoms with E-state index in [2.05, 4.69) is 17.2 Å². The van der Waals surface area contributed by atoms with Gasteiger partial charge in [-0.25, -0.2) is 0 Å². The Kier molecular flexibility index (Phi) is 6.39. The van der Waals surface area contributed by atoms with E-state index in [1.165, 1.54) is 0 Å². The van der Waals surface area contributed by atoms with Crippen LogP contribution in [0.2, 0.25) is 0 Å². The summed E-state index contributed by atoms with van der Waals surface area (Å²) in [7, 11) is 0. The molecule has 14 heavy (non-hydrogen) atoms. The Hall–Kier alpha value is -1.36. The van der Waals surface area contributed by atoms with Gasteiger partial charge in [0.05, 0.1) is 6.54 Å². The fraction of sp³-hybridized carbons (Fsp3) is 0.556. The number of carbonyl (C=O) groups is 2. The molecule has 5 nitrogen and oxygen atoms in total. The lowest BCUT2D eigenvalue weighted by molar-refractivity contribution is -0.121. The molecule has 80 valence electrons. The molecule has 2 amide bonds. The van der Waals surface area contributed by atoms with E-state index in [9.17, 15) is 9.59 Å². The van der Waals surface area contributed by atoms with Crippen LogP contribution < -0.4 is 16.4 Å². The molecular formula is C9H17N3O2. The molecule has 0 rings (SSSR count). The third-order valence-corrected chi connectivity index (χ3v) is 1.49. The quantitative estimate of drug-likeness (QED) is 0.368. The summed E-state index contributed by atoms with van der Waals surface area (Å²) in [6.45, 7) is 6.03. The maximum absolute atomic E-state index is 11.1. The number of nitrogens with two attached hydrogens (primary N) is 1. The van der Waals surface area contributed by atoms with Crippen LogP contribution in [0.1, 0.15) is 13.3 Å². The van der Waals surface area contributed by atoms with Crippen LogP contribution in [0.15, 0.2) is 12.7 Å². The van der Waals surface area contributed by atoms with Crippen molar-refractivity contribution >= 4 is 11.8 Å². The summed E-state index contributed by atoms with van der Waals surface area (Å²) in [4.78, 5) is 21.6. The van der Waals surface area contributed by atoms with Crippen molar-refractivity contribution in [2.24, 2.45) is 5.73 Å². The summed E-state index contributed by atoms with van der Waals surface area (Å²) < 4.78 is 0. The van der Waals surface area contributed by atoms with Crippen molar-refractivity contribution < 1.29 is 9.59 Å². The van der Waals surface area contributed by atoms with E-state index in [1.807, 2.05) is 0 Å². The van der Waals surface area contributed by atoms with Gasteiger partial charge in [0.1, 0.15) is 0 Å². The molecule has 0 spiro atoms. The minimum atomic E-state index is -0.420. The molecule has 5 heteroatoms. The summed E-state index contributed by atoms with van der Waals surface area (Å²) in [5, 5.41) is 5.48. The van der Waals surface area contributed by atoms with E-state index < -0.39 is 5.91 Å². The molecule has 0 heterocycles. The van der Waals surface area contributed by atoms with E-state index in [0.717, 1.165) is 0 Å². The van der Waals surface area contributed by atoms with Crippen LogP contribution >= 0.6 is 0 Å². The average Bonchev–Trinajstić information content (AvgIpc) is 2.02. The summed E-state index contributed by atoms with van der Waals surface area (Å²) >= 11 is 0. The molecule has 0 aliphatic rings. The molecule has 1 unspecified atom stereocenters. The van der Waals surface area contributed by atoms with Crippen molar-refractivity contribution in [3.8, 4) is 0 Å². The Labute approximate surface area is 83.7 Å². The summed E-state index contributed by atoms with van der Waals surface area (Å²) in [5.41, 5.74) is 4.97. The van der Waals surface area contributed by atoms with Gasteiger partial charge >= 0.3 is 0 Å². The van der Waals surface area contributed by atoms with E-state index in [-0.39, 0.29) is 24.9 Å². The first-order chi connectivity index (χ1) is 6.56. The minimum Gasteiger partial charge on any atom is -0.370 e. The first-order valence-corrected chi connectivity index (χ1v) is 4.45. The fourth-order valence-electron chi connectivity index (χ4n) is 0.966. The zero-order chi connectivity index (χ0) is 11.0. The zero-order valence-corrected chi connectivity index (χ0v) is 8.38. The van der Waals surface area contributed by atoms with Gasteiger partial charge in [-0.3, -0.25) is 9.59 Å². The molecule has 1 atom stereocenters. The van der Waals surface area contributed by atoms with E-state index >= 15 is 0 Å². The van der Waals surface area contributed by atoms with Crippen LogP contribution in [-0.4, -0.2) is 30.9 Å². The van der Waals surface area contributed by atoms with Gasteiger partial charge in [0.25, 0.3) is 0 Å². The van der Waals surface area contributed by atoms with Crippen molar-refractivity contribution in [3.05, 3.63) is 12.7 Å². The molecule has 0 aromatic heterocycles. The standard InChI is InChI=1S/C9H17N3O2/c1-3-4-11-6-9(14)12-7(2)5-8(10)13/h3,7,11H,1,4-6H2,2H3,(H2,10,13)(H,12,14). The van der Waals surface area contributed by atoms with Crippen molar-refractivity contribution in [2.75, 3.05) is 13.1 Å². The van der Waals surface area contributed by atoms with Crippen molar-refractivity contribution in [2.45, 2.75) is 19.4 Å². The van der Waals surface area contributed by atoms with Gasteiger partial charge < -0.3 is 16.4 Å².